The summed E-state index contributed by atoms with van der Waals surface area (Å²) in [5.74, 6) is 1.14. The number of rotatable bonds is 3. The number of carbonyl (C=O) groups excluding carboxylic acids is 1. The minimum atomic E-state index is -0.290. The van der Waals surface area contributed by atoms with Crippen LogP contribution in [0.5, 0.6) is 11.5 Å². The first-order valence-electron chi connectivity index (χ1n) is 7.36. The van der Waals surface area contributed by atoms with E-state index in [4.69, 9.17) is 14.2 Å². The van der Waals surface area contributed by atoms with E-state index in [0.29, 0.717) is 17.2 Å². The van der Waals surface area contributed by atoms with E-state index in [0.717, 1.165) is 27.0 Å². The van der Waals surface area contributed by atoms with Crippen LogP contribution in [0, 0.1) is 0 Å². The van der Waals surface area contributed by atoms with Gasteiger partial charge in [-0.05, 0) is 30.7 Å². The molecule has 0 saturated heterocycles. The number of esters is 1. The summed E-state index contributed by atoms with van der Waals surface area (Å²) in [5, 5.41) is 1.04. The van der Waals surface area contributed by atoms with Crippen LogP contribution in [-0.4, -0.2) is 19.4 Å². The number of benzene rings is 2. The molecule has 1 aromatic heterocycles. The molecule has 0 radical (unpaired) electrons. The molecule has 0 fully saturated rings. The van der Waals surface area contributed by atoms with Gasteiger partial charge in [-0.3, -0.25) is 0 Å². The molecule has 0 unspecified atom stereocenters. The summed E-state index contributed by atoms with van der Waals surface area (Å²) in [6.07, 6.45) is 0. The third kappa shape index (κ3) is 2.33. The minimum Gasteiger partial charge on any atom is -0.462 e. The van der Waals surface area contributed by atoms with Gasteiger partial charge in [0.1, 0.15) is 4.88 Å². The Balaban J connectivity index is 1.93. The Bertz CT molecular complexity index is 897. The van der Waals surface area contributed by atoms with E-state index in [1.54, 1.807) is 0 Å². The van der Waals surface area contributed by atoms with Crippen LogP contribution in [0.4, 0.5) is 0 Å². The molecule has 5 heteroatoms. The lowest BCUT2D eigenvalue weighted by Crippen LogP contribution is -2.03. The lowest BCUT2D eigenvalue weighted by Gasteiger charge is -2.06. The minimum absolute atomic E-state index is 0.230. The average Bonchev–Trinajstić information content (AvgIpc) is 3.18. The van der Waals surface area contributed by atoms with Crippen molar-refractivity contribution in [2.45, 2.75) is 6.92 Å². The highest BCUT2D eigenvalue weighted by Crippen LogP contribution is 2.42. The molecular formula is C18H14O4S. The number of ether oxygens (including phenoxy) is 3. The van der Waals surface area contributed by atoms with Gasteiger partial charge < -0.3 is 14.2 Å². The predicted octanol–water partition coefficient (Wildman–Crippen LogP) is 4.47. The Morgan fingerprint density at radius 3 is 2.87 bits per heavy atom. The van der Waals surface area contributed by atoms with Crippen LogP contribution in [0.1, 0.15) is 16.6 Å². The molecule has 0 N–H and O–H groups in total. The van der Waals surface area contributed by atoms with Gasteiger partial charge in [-0.15, -0.1) is 11.3 Å². The van der Waals surface area contributed by atoms with Gasteiger partial charge in [0.05, 0.1) is 6.61 Å². The zero-order valence-electron chi connectivity index (χ0n) is 12.5. The van der Waals surface area contributed by atoms with Gasteiger partial charge in [0.15, 0.2) is 11.5 Å². The summed E-state index contributed by atoms with van der Waals surface area (Å²) in [6, 6.07) is 13.7. The van der Waals surface area contributed by atoms with E-state index in [9.17, 15) is 4.79 Å². The highest BCUT2D eigenvalue weighted by atomic mass is 32.1. The molecule has 0 bridgehead atoms. The van der Waals surface area contributed by atoms with Crippen LogP contribution < -0.4 is 9.47 Å². The zero-order chi connectivity index (χ0) is 15.8. The monoisotopic (exact) mass is 326 g/mol. The number of fused-ring (bicyclic) bond motifs is 2. The summed E-state index contributed by atoms with van der Waals surface area (Å²) >= 11 is 1.45. The zero-order valence-corrected chi connectivity index (χ0v) is 13.3. The lowest BCUT2D eigenvalue weighted by atomic mass is 10.0. The van der Waals surface area contributed by atoms with Crippen molar-refractivity contribution in [2.24, 2.45) is 0 Å². The van der Waals surface area contributed by atoms with Crippen molar-refractivity contribution in [1.82, 2.24) is 0 Å². The van der Waals surface area contributed by atoms with Gasteiger partial charge in [-0.2, -0.15) is 0 Å². The van der Waals surface area contributed by atoms with E-state index in [-0.39, 0.29) is 12.8 Å². The van der Waals surface area contributed by atoms with Crippen molar-refractivity contribution < 1.29 is 19.0 Å². The molecule has 0 spiro atoms. The maximum Gasteiger partial charge on any atom is 0.348 e. The third-order valence-electron chi connectivity index (χ3n) is 3.72. The van der Waals surface area contributed by atoms with Crippen LogP contribution in [0.3, 0.4) is 0 Å². The fraction of sp³-hybridized carbons (Fsp3) is 0.167. The van der Waals surface area contributed by atoms with Crippen LogP contribution in [-0.2, 0) is 4.74 Å². The molecule has 116 valence electrons. The molecule has 0 saturated carbocycles. The van der Waals surface area contributed by atoms with Crippen molar-refractivity contribution in [3.63, 3.8) is 0 Å². The van der Waals surface area contributed by atoms with E-state index >= 15 is 0 Å². The third-order valence-corrected chi connectivity index (χ3v) is 4.87. The summed E-state index contributed by atoms with van der Waals surface area (Å²) < 4.78 is 17.1. The van der Waals surface area contributed by atoms with Crippen LogP contribution in [0.25, 0.3) is 21.2 Å². The number of hydrogen-bond acceptors (Lipinski definition) is 5. The first-order chi connectivity index (χ1) is 11.3. The fourth-order valence-electron chi connectivity index (χ4n) is 2.72. The van der Waals surface area contributed by atoms with Gasteiger partial charge >= 0.3 is 5.97 Å². The van der Waals surface area contributed by atoms with Crippen LogP contribution in [0.15, 0.2) is 42.5 Å². The maximum atomic E-state index is 12.4. The van der Waals surface area contributed by atoms with Crippen molar-refractivity contribution in [3.8, 4) is 22.6 Å². The van der Waals surface area contributed by atoms with Crippen LogP contribution in [0.2, 0.25) is 0 Å². The Morgan fingerprint density at radius 2 is 2.00 bits per heavy atom. The molecule has 4 nitrogen and oxygen atoms in total. The Kier molecular flexibility index (Phi) is 3.42. The molecule has 4 rings (SSSR count). The second-order valence-corrected chi connectivity index (χ2v) is 6.14. The quantitative estimate of drug-likeness (QED) is 0.666. The maximum absolute atomic E-state index is 12.4. The summed E-state index contributed by atoms with van der Waals surface area (Å²) in [4.78, 5) is 13.0. The molecule has 1 aliphatic heterocycles. The first-order valence-corrected chi connectivity index (χ1v) is 8.18. The highest BCUT2D eigenvalue weighted by molar-refractivity contribution is 7.21. The molecule has 0 aliphatic carbocycles. The van der Waals surface area contributed by atoms with E-state index in [1.807, 2.05) is 49.4 Å². The van der Waals surface area contributed by atoms with Crippen LogP contribution >= 0.6 is 11.3 Å². The van der Waals surface area contributed by atoms with Gasteiger partial charge in [0.25, 0.3) is 0 Å². The number of hydrogen-bond donors (Lipinski definition) is 0. The van der Waals surface area contributed by atoms with Gasteiger partial charge in [0.2, 0.25) is 6.79 Å². The topological polar surface area (TPSA) is 44.8 Å². The first kappa shape index (κ1) is 14.1. The summed E-state index contributed by atoms with van der Waals surface area (Å²) in [5.41, 5.74) is 1.82. The number of thiophene rings is 1. The lowest BCUT2D eigenvalue weighted by molar-refractivity contribution is 0.0533. The molecule has 1 aliphatic rings. The van der Waals surface area contributed by atoms with E-state index in [2.05, 4.69) is 0 Å². The molecule has 3 aromatic rings. The standard InChI is InChI=1S/C18H14O4S/c1-2-20-18(19)17-16(12-5-3-4-6-15(12)23-17)11-7-8-13-14(9-11)22-10-21-13/h3-9H,2,10H2,1H3. The fourth-order valence-corrected chi connectivity index (χ4v) is 3.84. The summed E-state index contributed by atoms with van der Waals surface area (Å²) in [6.45, 7) is 2.40. The Morgan fingerprint density at radius 1 is 1.17 bits per heavy atom. The predicted molar refractivity (Wildman–Crippen MR) is 89.3 cm³/mol. The van der Waals surface area contributed by atoms with Crippen molar-refractivity contribution in [1.29, 1.82) is 0 Å². The Labute approximate surface area is 137 Å². The van der Waals surface area contributed by atoms with E-state index < -0.39 is 0 Å². The molecule has 23 heavy (non-hydrogen) atoms. The molecular weight excluding hydrogens is 312 g/mol. The number of carbonyl (C=O) groups is 1. The van der Waals surface area contributed by atoms with Gasteiger partial charge in [-0.1, -0.05) is 24.3 Å². The molecule has 0 atom stereocenters. The van der Waals surface area contributed by atoms with Crippen molar-refractivity contribution in [3.05, 3.63) is 47.3 Å². The second-order valence-electron chi connectivity index (χ2n) is 5.09. The Hall–Kier alpha value is -2.53. The largest absolute Gasteiger partial charge is 0.462 e. The highest BCUT2D eigenvalue weighted by Gasteiger charge is 2.22. The normalized spacial score (nSPS) is 12.6. The molecule has 0 amide bonds. The average molecular weight is 326 g/mol. The second kappa shape index (κ2) is 5.59. The molecule has 2 heterocycles. The van der Waals surface area contributed by atoms with Crippen molar-refractivity contribution in [2.75, 3.05) is 13.4 Å². The van der Waals surface area contributed by atoms with E-state index in [1.165, 1.54) is 11.3 Å². The van der Waals surface area contributed by atoms with Gasteiger partial charge in [-0.25, -0.2) is 4.79 Å². The molecule has 2 aromatic carbocycles. The SMILES string of the molecule is CCOC(=O)c1sc2ccccc2c1-c1ccc2c(c1)OCO2. The smallest absolute Gasteiger partial charge is 0.348 e. The summed E-state index contributed by atoms with van der Waals surface area (Å²) in [7, 11) is 0. The van der Waals surface area contributed by atoms with Crippen molar-refractivity contribution >= 4 is 27.4 Å². The van der Waals surface area contributed by atoms with Gasteiger partial charge in [0, 0.05) is 15.6 Å².